The summed E-state index contributed by atoms with van der Waals surface area (Å²) in [5.41, 5.74) is 0.946. The van der Waals surface area contributed by atoms with Gasteiger partial charge >= 0.3 is 0 Å². The molecule has 1 aromatic carbocycles. The highest BCUT2D eigenvalue weighted by atomic mass is 79.9. The van der Waals surface area contributed by atoms with Gasteiger partial charge in [0.25, 0.3) is 0 Å². The molecule has 0 saturated carbocycles. The molecule has 1 atom stereocenters. The lowest BCUT2D eigenvalue weighted by molar-refractivity contribution is 0.651. The molecule has 1 unspecified atom stereocenters. The first-order chi connectivity index (χ1) is 6.89. The fourth-order valence-corrected chi connectivity index (χ4v) is 1.80. The lowest BCUT2D eigenvalue weighted by Crippen LogP contribution is -2.19. The van der Waals surface area contributed by atoms with Crippen molar-refractivity contribution in [3.05, 3.63) is 34.3 Å². The van der Waals surface area contributed by atoms with Crippen molar-refractivity contribution in [2.24, 2.45) is 4.40 Å². The number of nitrogens with zero attached hydrogens (tertiary/aromatic N) is 1. The average molecular weight is 288 g/mol. The SMILES string of the molecule is CC(C)(C)S(=O)/N=C\c1cccc(Br)c1. The first-order valence-corrected chi connectivity index (χ1v) is 6.51. The second-order valence-electron chi connectivity index (χ2n) is 4.15. The van der Waals surface area contributed by atoms with Crippen molar-refractivity contribution in [3.63, 3.8) is 0 Å². The molecule has 2 nitrogen and oxygen atoms in total. The summed E-state index contributed by atoms with van der Waals surface area (Å²) in [5.74, 6) is 0. The molecule has 0 aliphatic rings. The smallest absolute Gasteiger partial charge is 0.144 e. The van der Waals surface area contributed by atoms with Crippen molar-refractivity contribution in [3.8, 4) is 0 Å². The molecule has 0 amide bonds. The highest BCUT2D eigenvalue weighted by Gasteiger charge is 2.17. The molecule has 0 aromatic heterocycles. The summed E-state index contributed by atoms with van der Waals surface area (Å²) in [7, 11) is -1.19. The first kappa shape index (κ1) is 12.6. The van der Waals surface area contributed by atoms with E-state index in [0.717, 1.165) is 10.0 Å². The van der Waals surface area contributed by atoms with E-state index in [1.54, 1.807) is 6.21 Å². The number of hydrogen-bond acceptors (Lipinski definition) is 1. The molecule has 0 fully saturated rings. The van der Waals surface area contributed by atoms with Gasteiger partial charge in [0.1, 0.15) is 11.0 Å². The number of halogens is 1. The van der Waals surface area contributed by atoms with E-state index in [9.17, 15) is 4.21 Å². The van der Waals surface area contributed by atoms with E-state index < -0.39 is 11.0 Å². The van der Waals surface area contributed by atoms with Crippen LogP contribution in [-0.4, -0.2) is 15.2 Å². The van der Waals surface area contributed by atoms with Crippen LogP contribution in [0.2, 0.25) is 0 Å². The Hall–Kier alpha value is -0.480. The van der Waals surface area contributed by atoms with Crippen LogP contribution >= 0.6 is 15.9 Å². The van der Waals surface area contributed by atoms with Crippen molar-refractivity contribution < 1.29 is 4.21 Å². The Kier molecular flexibility index (Phi) is 4.22. The molecule has 15 heavy (non-hydrogen) atoms. The van der Waals surface area contributed by atoms with Crippen LogP contribution in [0.25, 0.3) is 0 Å². The Labute approximate surface area is 102 Å². The van der Waals surface area contributed by atoms with Crippen LogP contribution in [0, 0.1) is 0 Å². The monoisotopic (exact) mass is 287 g/mol. The van der Waals surface area contributed by atoms with Crippen LogP contribution in [0.3, 0.4) is 0 Å². The van der Waals surface area contributed by atoms with Crippen LogP contribution < -0.4 is 0 Å². The van der Waals surface area contributed by atoms with Crippen LogP contribution in [0.4, 0.5) is 0 Å². The molecule has 1 rings (SSSR count). The van der Waals surface area contributed by atoms with Gasteiger partial charge in [-0.25, -0.2) is 4.21 Å². The third-order valence-electron chi connectivity index (χ3n) is 1.67. The second kappa shape index (κ2) is 5.03. The van der Waals surface area contributed by atoms with Gasteiger partial charge in [0.2, 0.25) is 0 Å². The second-order valence-corrected chi connectivity index (χ2v) is 7.00. The van der Waals surface area contributed by atoms with E-state index in [-0.39, 0.29) is 4.75 Å². The summed E-state index contributed by atoms with van der Waals surface area (Å²) >= 11 is 3.37. The van der Waals surface area contributed by atoms with Gasteiger partial charge in [0.05, 0.1) is 4.75 Å². The summed E-state index contributed by atoms with van der Waals surface area (Å²) < 4.78 is 16.3. The van der Waals surface area contributed by atoms with E-state index in [0.29, 0.717) is 0 Å². The zero-order valence-electron chi connectivity index (χ0n) is 9.03. The van der Waals surface area contributed by atoms with Crippen molar-refractivity contribution in [2.75, 3.05) is 0 Å². The summed E-state index contributed by atoms with van der Waals surface area (Å²) in [4.78, 5) is 0. The van der Waals surface area contributed by atoms with E-state index in [4.69, 9.17) is 0 Å². The maximum Gasteiger partial charge on any atom is 0.144 e. The third kappa shape index (κ3) is 4.26. The van der Waals surface area contributed by atoms with Crippen molar-refractivity contribution >= 4 is 33.1 Å². The Balaban J connectivity index is 2.79. The molecular formula is C11H14BrNOS. The molecule has 0 spiro atoms. The maximum absolute atomic E-state index is 11.6. The largest absolute Gasteiger partial charge is 0.234 e. The average Bonchev–Trinajstić information content (AvgIpc) is 2.12. The summed E-state index contributed by atoms with van der Waals surface area (Å²) in [6.07, 6.45) is 1.64. The van der Waals surface area contributed by atoms with Crippen LogP contribution in [-0.2, 0) is 11.0 Å². The molecule has 0 saturated heterocycles. The quantitative estimate of drug-likeness (QED) is 0.767. The van der Waals surface area contributed by atoms with Gasteiger partial charge in [0.15, 0.2) is 0 Å². The standard InChI is InChI=1S/C11H14BrNOS/c1-11(2,3)15(14)13-8-9-5-4-6-10(12)7-9/h4-8H,1-3H3/b13-8-. The molecule has 82 valence electrons. The van der Waals surface area contributed by atoms with Crippen molar-refractivity contribution in [1.29, 1.82) is 0 Å². The van der Waals surface area contributed by atoms with Gasteiger partial charge in [-0.15, -0.1) is 0 Å². The van der Waals surface area contributed by atoms with Crippen LogP contribution in [0.1, 0.15) is 26.3 Å². The van der Waals surface area contributed by atoms with Gasteiger partial charge in [-0.1, -0.05) is 28.1 Å². The number of hydrogen-bond donors (Lipinski definition) is 0. The van der Waals surface area contributed by atoms with Crippen molar-refractivity contribution in [1.82, 2.24) is 0 Å². The number of benzene rings is 1. The van der Waals surface area contributed by atoms with E-state index >= 15 is 0 Å². The Morgan fingerprint density at radius 3 is 2.60 bits per heavy atom. The van der Waals surface area contributed by atoms with Crippen molar-refractivity contribution in [2.45, 2.75) is 25.5 Å². The van der Waals surface area contributed by atoms with Crippen LogP contribution in [0.15, 0.2) is 33.1 Å². The van der Waals surface area contributed by atoms with Gasteiger partial charge in [-0.05, 0) is 38.5 Å². The zero-order chi connectivity index (χ0) is 11.5. The summed E-state index contributed by atoms with van der Waals surface area (Å²) in [5, 5.41) is 0. The predicted molar refractivity (Wildman–Crippen MR) is 69.6 cm³/mol. The lowest BCUT2D eigenvalue weighted by Gasteiger charge is -2.12. The lowest BCUT2D eigenvalue weighted by atomic mass is 10.2. The Bertz CT molecular complexity index is 396. The molecule has 0 aliphatic heterocycles. The van der Waals surface area contributed by atoms with Gasteiger partial charge in [0, 0.05) is 10.7 Å². The molecular weight excluding hydrogens is 274 g/mol. The molecule has 0 bridgehead atoms. The topological polar surface area (TPSA) is 29.4 Å². The zero-order valence-corrected chi connectivity index (χ0v) is 11.4. The molecule has 1 aromatic rings. The minimum Gasteiger partial charge on any atom is -0.234 e. The van der Waals surface area contributed by atoms with Gasteiger partial charge < -0.3 is 0 Å². The summed E-state index contributed by atoms with van der Waals surface area (Å²) in [6.45, 7) is 5.71. The highest BCUT2D eigenvalue weighted by Crippen LogP contribution is 2.13. The normalized spacial score (nSPS) is 14.4. The number of rotatable bonds is 2. The summed E-state index contributed by atoms with van der Waals surface area (Å²) in [6, 6.07) is 7.72. The minimum absolute atomic E-state index is 0.303. The molecule has 0 radical (unpaired) electrons. The van der Waals surface area contributed by atoms with Gasteiger partial charge in [-0.2, -0.15) is 4.40 Å². The predicted octanol–water partition coefficient (Wildman–Crippen LogP) is 3.33. The van der Waals surface area contributed by atoms with E-state index in [1.807, 2.05) is 45.0 Å². The third-order valence-corrected chi connectivity index (χ3v) is 3.51. The minimum atomic E-state index is -1.19. The maximum atomic E-state index is 11.6. The van der Waals surface area contributed by atoms with E-state index in [2.05, 4.69) is 20.3 Å². The fraction of sp³-hybridized carbons (Fsp3) is 0.364. The fourth-order valence-electron chi connectivity index (χ4n) is 0.854. The first-order valence-electron chi connectivity index (χ1n) is 4.61. The molecule has 0 aliphatic carbocycles. The molecule has 0 heterocycles. The molecule has 0 N–H and O–H groups in total. The van der Waals surface area contributed by atoms with Gasteiger partial charge in [-0.3, -0.25) is 0 Å². The highest BCUT2D eigenvalue weighted by molar-refractivity contribution is 9.10. The Morgan fingerprint density at radius 1 is 1.40 bits per heavy atom. The Morgan fingerprint density at radius 2 is 2.07 bits per heavy atom. The van der Waals surface area contributed by atoms with Crippen LogP contribution in [0.5, 0.6) is 0 Å². The van der Waals surface area contributed by atoms with E-state index in [1.165, 1.54) is 0 Å². The molecule has 4 heteroatoms.